The maximum atomic E-state index is 12.5. The molecule has 7 nitrogen and oxygen atoms in total. The molecule has 3 heterocycles. The zero-order valence-corrected chi connectivity index (χ0v) is 13.4. The Morgan fingerprint density at radius 1 is 1.22 bits per heavy atom. The zero-order valence-electron chi connectivity index (χ0n) is 12.6. The van der Waals surface area contributed by atoms with Crippen molar-refractivity contribution in [3.05, 3.63) is 62.4 Å². The lowest BCUT2D eigenvalue weighted by atomic mass is 10.2. The Labute approximate surface area is 136 Å². The van der Waals surface area contributed by atoms with Gasteiger partial charge in [-0.1, -0.05) is 0 Å². The average molecular weight is 332 g/mol. The van der Waals surface area contributed by atoms with Gasteiger partial charge in [0.05, 0.1) is 12.1 Å². The highest BCUT2D eigenvalue weighted by atomic mass is 35.5. The number of pyridine rings is 1. The normalized spacial score (nSPS) is 11.3. The molecule has 0 spiro atoms. The molecule has 0 fully saturated rings. The summed E-state index contributed by atoms with van der Waals surface area (Å²) < 4.78 is 2.87. The van der Waals surface area contributed by atoms with Gasteiger partial charge in [0.25, 0.3) is 5.56 Å². The van der Waals surface area contributed by atoms with Crippen LogP contribution >= 0.6 is 11.6 Å². The predicted octanol–water partition coefficient (Wildman–Crippen LogP) is 1.58. The highest BCUT2D eigenvalue weighted by Crippen LogP contribution is 2.15. The third-order valence-electron chi connectivity index (χ3n) is 3.44. The van der Waals surface area contributed by atoms with Crippen LogP contribution in [0, 0.1) is 0 Å². The van der Waals surface area contributed by atoms with E-state index in [0.29, 0.717) is 17.9 Å². The molecule has 0 radical (unpaired) electrons. The van der Waals surface area contributed by atoms with Crippen LogP contribution in [0.15, 0.2) is 40.3 Å². The fraction of sp³-hybridized carbons (Fsp3) is 0.267. The Balaban J connectivity index is 2.14. The number of hydrogen-bond donors (Lipinski definition) is 0. The van der Waals surface area contributed by atoms with Gasteiger partial charge in [0.15, 0.2) is 5.82 Å². The number of rotatable bonds is 3. The maximum Gasteiger partial charge on any atom is 0.352 e. The lowest BCUT2D eigenvalue weighted by Gasteiger charge is -2.16. The summed E-state index contributed by atoms with van der Waals surface area (Å²) in [7, 11) is 0. The van der Waals surface area contributed by atoms with Crippen molar-refractivity contribution in [3.63, 3.8) is 0 Å². The second kappa shape index (κ2) is 5.92. The van der Waals surface area contributed by atoms with Gasteiger partial charge >= 0.3 is 5.69 Å². The number of fused-ring (bicyclic) bond motifs is 1. The molecule has 0 atom stereocenters. The van der Waals surface area contributed by atoms with Gasteiger partial charge in [-0.05, 0) is 37.6 Å². The van der Waals surface area contributed by atoms with Crippen LogP contribution in [-0.2, 0) is 6.54 Å². The van der Waals surface area contributed by atoms with E-state index in [4.69, 9.17) is 11.6 Å². The van der Waals surface area contributed by atoms with Crippen molar-refractivity contribution in [2.45, 2.75) is 26.4 Å². The summed E-state index contributed by atoms with van der Waals surface area (Å²) in [6.45, 7) is 3.93. The summed E-state index contributed by atoms with van der Waals surface area (Å²) in [6.07, 6.45) is 4.94. The Morgan fingerprint density at radius 3 is 2.57 bits per heavy atom. The van der Waals surface area contributed by atoms with Crippen molar-refractivity contribution < 1.29 is 0 Å². The largest absolute Gasteiger partial charge is 0.352 e. The monoisotopic (exact) mass is 331 g/mol. The first kappa shape index (κ1) is 15.4. The molecule has 8 heteroatoms. The van der Waals surface area contributed by atoms with Gasteiger partial charge in [-0.2, -0.15) is 4.98 Å². The molecule has 0 saturated heterocycles. The van der Waals surface area contributed by atoms with Crippen LogP contribution in [-0.4, -0.2) is 24.1 Å². The number of aromatic nitrogens is 5. The lowest BCUT2D eigenvalue weighted by molar-refractivity contribution is 0.542. The van der Waals surface area contributed by atoms with E-state index < -0.39 is 5.69 Å². The van der Waals surface area contributed by atoms with Crippen molar-refractivity contribution in [1.82, 2.24) is 24.1 Å². The van der Waals surface area contributed by atoms with Crippen LogP contribution < -0.4 is 11.2 Å². The van der Waals surface area contributed by atoms with Crippen molar-refractivity contribution >= 4 is 11.6 Å². The molecule has 0 amide bonds. The van der Waals surface area contributed by atoms with Crippen LogP contribution in [0.3, 0.4) is 0 Å². The first-order chi connectivity index (χ1) is 11.0. The van der Waals surface area contributed by atoms with E-state index in [0.717, 1.165) is 10.1 Å². The van der Waals surface area contributed by atoms with Gasteiger partial charge in [-0.3, -0.25) is 9.36 Å². The van der Waals surface area contributed by atoms with E-state index in [1.807, 2.05) is 0 Å². The minimum absolute atomic E-state index is 0.163. The zero-order chi connectivity index (χ0) is 16.6. The Morgan fingerprint density at radius 2 is 1.91 bits per heavy atom. The topological polar surface area (TPSA) is 82.7 Å². The van der Waals surface area contributed by atoms with Gasteiger partial charge in [-0.15, -0.1) is 0 Å². The number of hydrogen-bond acceptors (Lipinski definition) is 5. The van der Waals surface area contributed by atoms with Crippen LogP contribution in [0.25, 0.3) is 11.4 Å². The molecule has 0 saturated carbocycles. The fourth-order valence-corrected chi connectivity index (χ4v) is 2.49. The summed E-state index contributed by atoms with van der Waals surface area (Å²) in [5, 5.41) is 0.163. The first-order valence-electron chi connectivity index (χ1n) is 7.05. The van der Waals surface area contributed by atoms with Crippen LogP contribution in [0.1, 0.15) is 25.5 Å². The summed E-state index contributed by atoms with van der Waals surface area (Å²) in [5.74, 6) is 0.342. The second-order valence-corrected chi connectivity index (χ2v) is 5.74. The molecule has 3 rings (SSSR count). The first-order valence-corrected chi connectivity index (χ1v) is 7.43. The smallest absolute Gasteiger partial charge is 0.328 e. The van der Waals surface area contributed by atoms with Gasteiger partial charge in [0.1, 0.15) is 0 Å². The van der Waals surface area contributed by atoms with E-state index in [1.165, 1.54) is 0 Å². The van der Waals surface area contributed by atoms with Gasteiger partial charge in [0, 0.05) is 30.2 Å². The van der Waals surface area contributed by atoms with Crippen LogP contribution in [0.5, 0.6) is 0 Å². The number of halogens is 1. The summed E-state index contributed by atoms with van der Waals surface area (Å²) in [5.41, 5.74) is 0.298. The van der Waals surface area contributed by atoms with E-state index in [1.54, 1.807) is 49.1 Å². The van der Waals surface area contributed by atoms with Crippen molar-refractivity contribution in [3.8, 4) is 11.4 Å². The quantitative estimate of drug-likeness (QED) is 0.680. The molecule has 0 aliphatic carbocycles. The molecule has 0 N–H and O–H groups in total. The molecule has 0 unspecified atom stereocenters. The average Bonchev–Trinajstić information content (AvgIpc) is 2.50. The van der Waals surface area contributed by atoms with E-state index in [9.17, 15) is 9.59 Å². The Bertz CT molecular complexity index is 930. The SMILES string of the molecule is CC(C)n1c(=O)nc2n(Cc3cnc(Cl)nc3)cccc-2c1=O. The standard InChI is InChI=1S/C15H14ClN5O2/c1-9(2)21-13(22)11-4-3-5-20(12(11)19-15(21)23)8-10-6-17-14(16)18-7-10/h3-7,9H,8H2,1-2H3. The highest BCUT2D eigenvalue weighted by Gasteiger charge is 2.18. The third-order valence-corrected chi connectivity index (χ3v) is 3.64. The molecular weight excluding hydrogens is 318 g/mol. The second-order valence-electron chi connectivity index (χ2n) is 5.40. The lowest BCUT2D eigenvalue weighted by Crippen LogP contribution is -2.39. The highest BCUT2D eigenvalue weighted by molar-refractivity contribution is 6.28. The fourth-order valence-electron chi connectivity index (χ4n) is 2.40. The van der Waals surface area contributed by atoms with E-state index in [-0.39, 0.29) is 16.9 Å². The maximum absolute atomic E-state index is 12.5. The minimum atomic E-state index is -0.551. The molecule has 2 aliphatic heterocycles. The molecule has 1 aromatic heterocycles. The summed E-state index contributed by atoms with van der Waals surface area (Å²) in [4.78, 5) is 36.6. The van der Waals surface area contributed by atoms with Crippen LogP contribution in [0.2, 0.25) is 5.28 Å². The molecule has 2 aliphatic rings. The third kappa shape index (κ3) is 2.87. The van der Waals surface area contributed by atoms with Crippen molar-refractivity contribution in [2.24, 2.45) is 0 Å². The predicted molar refractivity (Wildman–Crippen MR) is 85.9 cm³/mol. The van der Waals surface area contributed by atoms with E-state index >= 15 is 0 Å². The van der Waals surface area contributed by atoms with Crippen LogP contribution in [0.4, 0.5) is 0 Å². The van der Waals surface area contributed by atoms with E-state index in [2.05, 4.69) is 15.0 Å². The molecular formula is C15H14ClN5O2. The summed E-state index contributed by atoms with van der Waals surface area (Å²) in [6, 6.07) is 3.17. The molecule has 0 bridgehead atoms. The summed E-state index contributed by atoms with van der Waals surface area (Å²) >= 11 is 5.67. The Kier molecular flexibility index (Phi) is 3.96. The molecule has 23 heavy (non-hydrogen) atoms. The molecule has 0 aromatic carbocycles. The van der Waals surface area contributed by atoms with Gasteiger partial charge in [-0.25, -0.2) is 14.8 Å². The Hall–Kier alpha value is -2.54. The number of nitrogens with zero attached hydrogens (tertiary/aromatic N) is 5. The molecule has 118 valence electrons. The molecule has 1 aromatic rings. The van der Waals surface area contributed by atoms with Crippen molar-refractivity contribution in [1.29, 1.82) is 0 Å². The minimum Gasteiger partial charge on any atom is -0.328 e. The van der Waals surface area contributed by atoms with Gasteiger partial charge < -0.3 is 4.57 Å². The van der Waals surface area contributed by atoms with Crippen molar-refractivity contribution in [2.75, 3.05) is 0 Å². The van der Waals surface area contributed by atoms with Gasteiger partial charge in [0.2, 0.25) is 5.28 Å².